The number of hydrogen-bond donors (Lipinski definition) is 2. The Labute approximate surface area is 137 Å². The first-order chi connectivity index (χ1) is 10.5. The van der Waals surface area contributed by atoms with E-state index in [1.54, 1.807) is 12.1 Å². The van der Waals surface area contributed by atoms with Gasteiger partial charge >= 0.3 is 0 Å². The normalized spacial score (nSPS) is 18.2. The number of nitrogens with one attached hydrogen (secondary N) is 1. The lowest BCUT2D eigenvalue weighted by Crippen LogP contribution is -2.43. The minimum atomic E-state index is -0.543. The molecular weight excluding hydrogens is 300 g/mol. The molecule has 1 aromatic carbocycles. The molecule has 2 rings (SSSR count). The Morgan fingerprint density at radius 1 is 1.45 bits per heavy atom. The number of likely N-dealkylation sites (tertiary alicyclic amines) is 1. The Morgan fingerprint density at radius 3 is 2.77 bits per heavy atom. The van der Waals surface area contributed by atoms with E-state index in [2.05, 4.69) is 17.1 Å². The Morgan fingerprint density at radius 2 is 2.14 bits per heavy atom. The second-order valence-electron chi connectivity index (χ2n) is 6.31. The number of carbonyl (C=O) groups is 1. The maximum absolute atomic E-state index is 12.1. The number of benzene rings is 1. The van der Waals surface area contributed by atoms with Crippen LogP contribution in [0, 0.1) is 12.8 Å². The fourth-order valence-electron chi connectivity index (χ4n) is 2.65. The topological polar surface area (TPSA) is 52.6 Å². The van der Waals surface area contributed by atoms with Crippen LogP contribution in [0.5, 0.6) is 0 Å². The Balaban J connectivity index is 1.76. The summed E-state index contributed by atoms with van der Waals surface area (Å²) in [6.07, 6.45) is 1.82. The minimum Gasteiger partial charge on any atom is -0.390 e. The molecule has 0 aliphatic carbocycles. The van der Waals surface area contributed by atoms with Gasteiger partial charge in [0.05, 0.1) is 6.10 Å². The van der Waals surface area contributed by atoms with Crippen LogP contribution < -0.4 is 5.32 Å². The second-order valence-corrected chi connectivity index (χ2v) is 6.72. The van der Waals surface area contributed by atoms with Crippen LogP contribution in [0.15, 0.2) is 18.2 Å². The number of halogens is 1. The van der Waals surface area contributed by atoms with Crippen molar-refractivity contribution in [1.29, 1.82) is 0 Å². The van der Waals surface area contributed by atoms with Crippen molar-refractivity contribution in [3.05, 3.63) is 34.3 Å². The minimum absolute atomic E-state index is 0.201. The molecule has 1 aliphatic rings. The molecule has 5 heteroatoms. The Hall–Kier alpha value is -1.10. The molecule has 2 N–H and O–H groups in total. The third-order valence-corrected chi connectivity index (χ3v) is 4.68. The van der Waals surface area contributed by atoms with E-state index in [4.69, 9.17) is 11.6 Å². The van der Waals surface area contributed by atoms with Gasteiger partial charge in [-0.1, -0.05) is 24.6 Å². The molecule has 1 atom stereocenters. The maximum atomic E-state index is 12.1. The van der Waals surface area contributed by atoms with Crippen LogP contribution in [0.4, 0.5) is 0 Å². The average Bonchev–Trinajstić information content (AvgIpc) is 2.50. The molecule has 1 amide bonds. The molecule has 0 radical (unpaired) electrons. The highest BCUT2D eigenvalue weighted by Crippen LogP contribution is 2.17. The fourth-order valence-corrected chi connectivity index (χ4v) is 2.83. The van der Waals surface area contributed by atoms with Gasteiger partial charge in [0.2, 0.25) is 0 Å². The summed E-state index contributed by atoms with van der Waals surface area (Å²) in [5.41, 5.74) is 1.46. The van der Waals surface area contributed by atoms with Crippen LogP contribution in [-0.4, -0.2) is 48.2 Å². The van der Waals surface area contributed by atoms with Crippen LogP contribution in [0.3, 0.4) is 0 Å². The van der Waals surface area contributed by atoms with Crippen molar-refractivity contribution in [2.45, 2.75) is 32.8 Å². The lowest BCUT2D eigenvalue weighted by molar-refractivity contribution is 0.0795. The van der Waals surface area contributed by atoms with Crippen LogP contribution in [0.1, 0.15) is 35.7 Å². The lowest BCUT2D eigenvalue weighted by atomic mass is 9.99. The van der Waals surface area contributed by atoms with Gasteiger partial charge in [-0.3, -0.25) is 4.79 Å². The van der Waals surface area contributed by atoms with E-state index in [-0.39, 0.29) is 12.5 Å². The molecule has 1 heterocycles. The number of piperidine rings is 1. The number of aliphatic hydroxyl groups is 1. The van der Waals surface area contributed by atoms with E-state index < -0.39 is 6.10 Å². The molecule has 0 spiro atoms. The van der Waals surface area contributed by atoms with Crippen molar-refractivity contribution in [2.24, 2.45) is 5.92 Å². The number of aliphatic hydroxyl groups excluding tert-OH is 1. The van der Waals surface area contributed by atoms with Crippen LogP contribution in [0.25, 0.3) is 0 Å². The van der Waals surface area contributed by atoms with E-state index in [0.29, 0.717) is 17.1 Å². The monoisotopic (exact) mass is 324 g/mol. The zero-order valence-electron chi connectivity index (χ0n) is 13.3. The van der Waals surface area contributed by atoms with Crippen molar-refractivity contribution >= 4 is 17.5 Å². The SMILES string of the molecule is Cc1ccc(C(=O)NCC(O)CN2CCC(C)CC2)cc1Cl. The molecule has 1 saturated heterocycles. The van der Waals surface area contributed by atoms with Gasteiger partial charge in [0.25, 0.3) is 5.91 Å². The van der Waals surface area contributed by atoms with Crippen molar-refractivity contribution in [3.63, 3.8) is 0 Å². The summed E-state index contributed by atoms with van der Waals surface area (Å²) in [5.74, 6) is 0.576. The van der Waals surface area contributed by atoms with Crippen LogP contribution in [-0.2, 0) is 0 Å². The van der Waals surface area contributed by atoms with Crippen molar-refractivity contribution in [3.8, 4) is 0 Å². The molecule has 1 aliphatic heterocycles. The first kappa shape index (κ1) is 17.3. The van der Waals surface area contributed by atoms with Crippen molar-refractivity contribution in [2.75, 3.05) is 26.2 Å². The Bertz CT molecular complexity index is 513. The third-order valence-electron chi connectivity index (χ3n) is 4.28. The molecule has 0 aromatic heterocycles. The Kier molecular flexibility index (Phi) is 6.24. The summed E-state index contributed by atoms with van der Waals surface area (Å²) in [7, 11) is 0. The molecule has 0 saturated carbocycles. The van der Waals surface area contributed by atoms with Crippen LogP contribution >= 0.6 is 11.6 Å². The zero-order chi connectivity index (χ0) is 16.1. The molecule has 0 bridgehead atoms. The van der Waals surface area contributed by atoms with E-state index in [1.165, 1.54) is 12.8 Å². The van der Waals surface area contributed by atoms with Gasteiger partial charge in [-0.2, -0.15) is 0 Å². The number of aryl methyl sites for hydroxylation is 1. The summed E-state index contributed by atoms with van der Waals surface area (Å²) < 4.78 is 0. The first-order valence-electron chi connectivity index (χ1n) is 7.90. The van der Waals surface area contributed by atoms with Gasteiger partial charge < -0.3 is 15.3 Å². The van der Waals surface area contributed by atoms with E-state index in [0.717, 1.165) is 24.6 Å². The molecule has 122 valence electrons. The standard InChI is InChI=1S/C17H25ClN2O2/c1-12-5-7-20(8-6-12)11-15(21)10-19-17(22)14-4-3-13(2)16(18)9-14/h3-4,9,12,15,21H,5-8,10-11H2,1-2H3,(H,19,22). The summed E-state index contributed by atoms with van der Waals surface area (Å²) in [5, 5.41) is 13.4. The number of β-amino-alcohol motifs (C(OH)–C–C–N with tert-alkyl or cyclic N) is 1. The molecule has 1 aromatic rings. The fraction of sp³-hybridized carbons (Fsp3) is 0.588. The van der Waals surface area contributed by atoms with Crippen molar-refractivity contribution < 1.29 is 9.90 Å². The predicted octanol–water partition coefficient (Wildman–Crippen LogP) is 2.47. The van der Waals surface area contributed by atoms with Gasteiger partial charge in [0, 0.05) is 23.7 Å². The second kappa shape index (κ2) is 7.95. The highest BCUT2D eigenvalue weighted by atomic mass is 35.5. The number of amides is 1. The summed E-state index contributed by atoms with van der Waals surface area (Å²) in [6.45, 7) is 7.09. The third kappa shape index (κ3) is 4.97. The maximum Gasteiger partial charge on any atom is 0.251 e. The van der Waals surface area contributed by atoms with Crippen molar-refractivity contribution in [1.82, 2.24) is 10.2 Å². The van der Waals surface area contributed by atoms with Crippen LogP contribution in [0.2, 0.25) is 5.02 Å². The predicted molar refractivity (Wildman–Crippen MR) is 89.4 cm³/mol. The van der Waals surface area contributed by atoms with E-state index in [1.807, 2.05) is 13.0 Å². The van der Waals surface area contributed by atoms with E-state index >= 15 is 0 Å². The highest BCUT2D eigenvalue weighted by Gasteiger charge is 2.18. The quantitative estimate of drug-likeness (QED) is 0.875. The number of carbonyl (C=O) groups excluding carboxylic acids is 1. The zero-order valence-corrected chi connectivity index (χ0v) is 14.1. The summed E-state index contributed by atoms with van der Waals surface area (Å²) in [4.78, 5) is 14.3. The highest BCUT2D eigenvalue weighted by molar-refractivity contribution is 6.31. The average molecular weight is 325 g/mol. The van der Waals surface area contributed by atoms with Gasteiger partial charge in [-0.25, -0.2) is 0 Å². The summed E-state index contributed by atoms with van der Waals surface area (Å²) in [6, 6.07) is 5.22. The molecule has 22 heavy (non-hydrogen) atoms. The largest absolute Gasteiger partial charge is 0.390 e. The van der Waals surface area contributed by atoms with Gasteiger partial charge in [0.1, 0.15) is 0 Å². The van der Waals surface area contributed by atoms with Gasteiger partial charge in [-0.15, -0.1) is 0 Å². The van der Waals surface area contributed by atoms with Gasteiger partial charge in [-0.05, 0) is 56.5 Å². The number of rotatable bonds is 5. The molecule has 1 unspecified atom stereocenters. The molecule has 1 fully saturated rings. The molecule has 4 nitrogen and oxygen atoms in total. The number of hydrogen-bond acceptors (Lipinski definition) is 3. The number of nitrogens with zero attached hydrogens (tertiary/aromatic N) is 1. The lowest BCUT2D eigenvalue weighted by Gasteiger charge is -2.31. The summed E-state index contributed by atoms with van der Waals surface area (Å²) >= 11 is 6.03. The smallest absolute Gasteiger partial charge is 0.251 e. The first-order valence-corrected chi connectivity index (χ1v) is 8.28. The molecular formula is C17H25ClN2O2. The van der Waals surface area contributed by atoms with Gasteiger partial charge in [0.15, 0.2) is 0 Å². The van der Waals surface area contributed by atoms with E-state index in [9.17, 15) is 9.90 Å².